The molecule has 0 spiro atoms. The number of H-pyrrole nitrogens is 1. The van der Waals surface area contributed by atoms with Crippen molar-refractivity contribution in [2.45, 2.75) is 0 Å². The Bertz CT molecular complexity index is 886. The highest BCUT2D eigenvalue weighted by molar-refractivity contribution is 6.30. The first-order valence-corrected chi connectivity index (χ1v) is 8.84. The van der Waals surface area contributed by atoms with Gasteiger partial charge in [0.15, 0.2) is 0 Å². The predicted molar refractivity (Wildman–Crippen MR) is 101 cm³/mol. The highest BCUT2D eigenvalue weighted by Gasteiger charge is 2.23. The van der Waals surface area contributed by atoms with Crippen molar-refractivity contribution in [3.05, 3.63) is 65.6 Å². The third-order valence-corrected chi connectivity index (χ3v) is 4.78. The number of nitrogens with zero attached hydrogens (tertiary/aromatic N) is 4. The van der Waals surface area contributed by atoms with Crippen LogP contribution in [0.2, 0.25) is 5.02 Å². The van der Waals surface area contributed by atoms with Crippen LogP contribution in [0.1, 0.15) is 10.5 Å². The maximum Gasteiger partial charge on any atom is 0.272 e. The van der Waals surface area contributed by atoms with E-state index < -0.39 is 0 Å². The molecular formula is C19H18ClN5O. The largest absolute Gasteiger partial charge is 0.368 e. The molecular weight excluding hydrogens is 350 g/mol. The number of halogens is 1. The summed E-state index contributed by atoms with van der Waals surface area (Å²) in [6, 6.07) is 13.3. The second-order valence-corrected chi connectivity index (χ2v) is 6.60. The van der Waals surface area contributed by atoms with Gasteiger partial charge in [0.2, 0.25) is 0 Å². The van der Waals surface area contributed by atoms with Crippen molar-refractivity contribution in [2.75, 3.05) is 31.1 Å². The Balaban J connectivity index is 1.41. The van der Waals surface area contributed by atoms with Crippen molar-refractivity contribution in [1.82, 2.24) is 20.1 Å². The van der Waals surface area contributed by atoms with Gasteiger partial charge >= 0.3 is 0 Å². The van der Waals surface area contributed by atoms with Gasteiger partial charge in [0, 0.05) is 54.8 Å². The Morgan fingerprint density at radius 1 is 1.08 bits per heavy atom. The van der Waals surface area contributed by atoms with E-state index in [9.17, 15) is 4.79 Å². The van der Waals surface area contributed by atoms with Crippen LogP contribution >= 0.6 is 11.6 Å². The number of rotatable bonds is 3. The van der Waals surface area contributed by atoms with E-state index in [1.165, 1.54) is 0 Å². The summed E-state index contributed by atoms with van der Waals surface area (Å²) in [6.07, 6.45) is 3.44. The summed E-state index contributed by atoms with van der Waals surface area (Å²) >= 11 is 5.94. The van der Waals surface area contributed by atoms with Gasteiger partial charge in [0.25, 0.3) is 5.91 Å². The third kappa shape index (κ3) is 3.41. The number of carbonyl (C=O) groups is 1. The normalized spacial score (nSPS) is 14.5. The summed E-state index contributed by atoms with van der Waals surface area (Å²) < 4.78 is 0. The molecule has 1 aromatic carbocycles. The fourth-order valence-electron chi connectivity index (χ4n) is 3.08. The number of nitrogens with one attached hydrogen (secondary N) is 1. The summed E-state index contributed by atoms with van der Waals surface area (Å²) in [4.78, 5) is 20.9. The fraction of sp³-hybridized carbons (Fsp3) is 0.211. The van der Waals surface area contributed by atoms with Gasteiger partial charge in [-0.15, -0.1) is 0 Å². The molecule has 3 aromatic rings. The van der Waals surface area contributed by atoms with Crippen molar-refractivity contribution in [2.24, 2.45) is 0 Å². The Morgan fingerprint density at radius 2 is 1.85 bits per heavy atom. The Kier molecular flexibility index (Phi) is 4.58. The van der Waals surface area contributed by atoms with Crippen LogP contribution < -0.4 is 4.90 Å². The number of carbonyl (C=O) groups excluding carboxylic acids is 1. The number of hydrogen-bond acceptors (Lipinski definition) is 4. The molecule has 26 heavy (non-hydrogen) atoms. The van der Waals surface area contributed by atoms with Gasteiger partial charge in [-0.3, -0.25) is 14.9 Å². The SMILES string of the molecule is O=C(c1cc(-c2cccnc2)n[nH]1)N1CCN(c2ccc(Cl)cc2)CC1. The minimum atomic E-state index is -0.0246. The molecule has 0 bridgehead atoms. The van der Waals surface area contributed by atoms with Crippen molar-refractivity contribution >= 4 is 23.2 Å². The van der Waals surface area contributed by atoms with E-state index in [4.69, 9.17) is 11.6 Å². The number of aromatic nitrogens is 3. The molecule has 7 heteroatoms. The smallest absolute Gasteiger partial charge is 0.272 e. The van der Waals surface area contributed by atoms with Gasteiger partial charge < -0.3 is 9.80 Å². The molecule has 1 fully saturated rings. The van der Waals surface area contributed by atoms with E-state index in [2.05, 4.69) is 20.1 Å². The zero-order chi connectivity index (χ0) is 17.9. The van der Waals surface area contributed by atoms with Gasteiger partial charge in [-0.05, 0) is 42.5 Å². The van der Waals surface area contributed by atoms with Crippen LogP contribution in [0, 0.1) is 0 Å². The van der Waals surface area contributed by atoms with E-state index in [1.54, 1.807) is 18.5 Å². The molecule has 6 nitrogen and oxygen atoms in total. The lowest BCUT2D eigenvalue weighted by molar-refractivity contribution is 0.0741. The van der Waals surface area contributed by atoms with E-state index in [0.717, 1.165) is 35.1 Å². The van der Waals surface area contributed by atoms with Gasteiger partial charge in [-0.25, -0.2) is 0 Å². The van der Waals surface area contributed by atoms with Crippen LogP contribution in [0.25, 0.3) is 11.3 Å². The molecule has 0 atom stereocenters. The molecule has 1 aliphatic heterocycles. The molecule has 1 amide bonds. The standard InChI is InChI=1S/C19H18ClN5O/c20-15-3-5-16(6-4-15)24-8-10-25(11-9-24)19(26)18-12-17(22-23-18)14-2-1-7-21-13-14/h1-7,12-13H,8-11H2,(H,22,23). The van der Waals surface area contributed by atoms with Crippen molar-refractivity contribution in [1.29, 1.82) is 0 Å². The molecule has 0 saturated carbocycles. The highest BCUT2D eigenvalue weighted by Crippen LogP contribution is 2.21. The predicted octanol–water partition coefficient (Wildman–Crippen LogP) is 3.09. The van der Waals surface area contributed by atoms with Crippen molar-refractivity contribution < 1.29 is 4.79 Å². The maximum atomic E-state index is 12.7. The van der Waals surface area contributed by atoms with Crippen molar-refractivity contribution in [3.8, 4) is 11.3 Å². The molecule has 132 valence electrons. The molecule has 1 N–H and O–H groups in total. The fourth-order valence-corrected chi connectivity index (χ4v) is 3.21. The zero-order valence-corrected chi connectivity index (χ0v) is 14.9. The summed E-state index contributed by atoms with van der Waals surface area (Å²) in [6.45, 7) is 2.92. The van der Waals surface area contributed by atoms with E-state index in [1.807, 2.05) is 41.3 Å². The van der Waals surface area contributed by atoms with Crippen LogP contribution in [-0.4, -0.2) is 52.2 Å². The maximum absolute atomic E-state index is 12.7. The average molecular weight is 368 g/mol. The summed E-state index contributed by atoms with van der Waals surface area (Å²) in [5.74, 6) is -0.0246. The zero-order valence-electron chi connectivity index (χ0n) is 14.1. The number of benzene rings is 1. The van der Waals surface area contributed by atoms with Crippen LogP contribution in [-0.2, 0) is 0 Å². The van der Waals surface area contributed by atoms with Gasteiger partial charge in [0.05, 0.1) is 5.69 Å². The minimum Gasteiger partial charge on any atom is -0.368 e. The lowest BCUT2D eigenvalue weighted by atomic mass is 10.2. The van der Waals surface area contributed by atoms with E-state index >= 15 is 0 Å². The molecule has 0 unspecified atom stereocenters. The topological polar surface area (TPSA) is 65.1 Å². The Labute approximate surface area is 156 Å². The lowest BCUT2D eigenvalue weighted by Crippen LogP contribution is -2.48. The molecule has 0 radical (unpaired) electrons. The molecule has 1 saturated heterocycles. The number of amides is 1. The first-order valence-electron chi connectivity index (χ1n) is 8.46. The first-order chi connectivity index (χ1) is 12.7. The number of hydrogen-bond donors (Lipinski definition) is 1. The molecule has 2 aromatic heterocycles. The van der Waals surface area contributed by atoms with E-state index in [0.29, 0.717) is 18.8 Å². The Morgan fingerprint density at radius 3 is 2.54 bits per heavy atom. The van der Waals surface area contributed by atoms with Crippen LogP contribution in [0.15, 0.2) is 54.9 Å². The van der Waals surface area contributed by atoms with Gasteiger partial charge in [-0.2, -0.15) is 5.10 Å². The highest BCUT2D eigenvalue weighted by atomic mass is 35.5. The van der Waals surface area contributed by atoms with Gasteiger partial charge in [0.1, 0.15) is 5.69 Å². The molecule has 3 heterocycles. The van der Waals surface area contributed by atoms with Crippen LogP contribution in [0.3, 0.4) is 0 Å². The lowest BCUT2D eigenvalue weighted by Gasteiger charge is -2.35. The minimum absolute atomic E-state index is 0.0246. The molecule has 4 rings (SSSR count). The number of piperazine rings is 1. The number of aromatic amines is 1. The average Bonchev–Trinajstić information content (AvgIpc) is 3.19. The second-order valence-electron chi connectivity index (χ2n) is 6.16. The molecule has 0 aliphatic carbocycles. The number of pyridine rings is 1. The summed E-state index contributed by atoms with van der Waals surface area (Å²) in [5.41, 5.74) is 3.24. The van der Waals surface area contributed by atoms with Crippen LogP contribution in [0.4, 0.5) is 5.69 Å². The monoisotopic (exact) mass is 367 g/mol. The van der Waals surface area contributed by atoms with Crippen LogP contribution in [0.5, 0.6) is 0 Å². The Hall–Kier alpha value is -2.86. The quantitative estimate of drug-likeness (QED) is 0.772. The first kappa shape index (κ1) is 16.6. The van der Waals surface area contributed by atoms with Crippen molar-refractivity contribution in [3.63, 3.8) is 0 Å². The molecule has 1 aliphatic rings. The third-order valence-electron chi connectivity index (χ3n) is 4.52. The second kappa shape index (κ2) is 7.17. The van der Waals surface area contributed by atoms with Gasteiger partial charge in [-0.1, -0.05) is 11.6 Å². The van der Waals surface area contributed by atoms with E-state index in [-0.39, 0.29) is 5.91 Å². The number of anilines is 1. The summed E-state index contributed by atoms with van der Waals surface area (Å²) in [7, 11) is 0. The summed E-state index contributed by atoms with van der Waals surface area (Å²) in [5, 5.41) is 7.82.